The van der Waals surface area contributed by atoms with E-state index in [0.29, 0.717) is 47.2 Å². The van der Waals surface area contributed by atoms with Crippen LogP contribution in [0.5, 0.6) is 11.5 Å². The van der Waals surface area contributed by atoms with Crippen molar-refractivity contribution in [2.45, 2.75) is 32.1 Å². The molecule has 2 aromatic rings. The van der Waals surface area contributed by atoms with Crippen LogP contribution in [0, 0.1) is 0 Å². The first-order chi connectivity index (χ1) is 12.0. The summed E-state index contributed by atoms with van der Waals surface area (Å²) in [5.74, 6) is 0.346. The van der Waals surface area contributed by atoms with Gasteiger partial charge in [0.05, 0.1) is 0 Å². The van der Waals surface area contributed by atoms with Crippen LogP contribution in [0.3, 0.4) is 0 Å². The molecule has 0 bridgehead atoms. The van der Waals surface area contributed by atoms with Gasteiger partial charge in [0.15, 0.2) is 0 Å². The molecule has 0 aromatic heterocycles. The van der Waals surface area contributed by atoms with Crippen molar-refractivity contribution in [3.8, 4) is 11.5 Å². The Bertz CT molecular complexity index is 635. The summed E-state index contributed by atoms with van der Waals surface area (Å²) in [6.45, 7) is 0. The highest BCUT2D eigenvalue weighted by molar-refractivity contribution is 6.30. The van der Waals surface area contributed by atoms with Gasteiger partial charge in [0.25, 0.3) is 0 Å². The molecular weight excluding hydrogens is 363 g/mol. The monoisotopic (exact) mass is 380 g/mol. The summed E-state index contributed by atoms with van der Waals surface area (Å²) in [6, 6.07) is 13.2. The molecule has 0 radical (unpaired) electrons. The normalized spacial score (nSPS) is 10.3. The number of unbranched alkanes of at least 4 members (excludes halogenated alkanes) is 2. The number of carbonyl (C=O) groups is 2. The zero-order valence-corrected chi connectivity index (χ0v) is 15.1. The average Bonchev–Trinajstić information content (AvgIpc) is 2.59. The molecule has 132 valence electrons. The van der Waals surface area contributed by atoms with Gasteiger partial charge in [-0.05, 0) is 61.4 Å². The van der Waals surface area contributed by atoms with Crippen LogP contribution in [0.2, 0.25) is 10.0 Å². The van der Waals surface area contributed by atoms with Crippen LogP contribution in [0.4, 0.5) is 0 Å². The van der Waals surface area contributed by atoms with Gasteiger partial charge in [0.2, 0.25) is 0 Å². The minimum atomic E-state index is -0.300. The maximum atomic E-state index is 11.7. The van der Waals surface area contributed by atoms with E-state index in [2.05, 4.69) is 0 Å². The second kappa shape index (κ2) is 10.1. The third kappa shape index (κ3) is 7.59. The Balaban J connectivity index is 1.57. The molecule has 0 saturated heterocycles. The summed E-state index contributed by atoms with van der Waals surface area (Å²) in [4.78, 5) is 23.4. The molecule has 2 aromatic carbocycles. The van der Waals surface area contributed by atoms with Gasteiger partial charge in [0, 0.05) is 22.9 Å². The third-order valence-electron chi connectivity index (χ3n) is 3.35. The van der Waals surface area contributed by atoms with E-state index in [1.165, 1.54) is 0 Å². The molecule has 0 spiro atoms. The van der Waals surface area contributed by atoms with Crippen LogP contribution >= 0.6 is 23.2 Å². The molecule has 0 N–H and O–H groups in total. The van der Waals surface area contributed by atoms with Crippen LogP contribution in [0.1, 0.15) is 32.1 Å². The first-order valence-electron chi connectivity index (χ1n) is 7.95. The minimum absolute atomic E-state index is 0.300. The smallest absolute Gasteiger partial charge is 0.311 e. The lowest BCUT2D eigenvalue weighted by Gasteiger charge is -2.05. The van der Waals surface area contributed by atoms with Crippen molar-refractivity contribution in [2.75, 3.05) is 0 Å². The third-order valence-corrected chi connectivity index (χ3v) is 3.86. The zero-order valence-electron chi connectivity index (χ0n) is 13.5. The maximum Gasteiger partial charge on any atom is 0.311 e. The predicted octanol–water partition coefficient (Wildman–Crippen LogP) is 5.45. The number of halogens is 2. The number of hydrogen-bond acceptors (Lipinski definition) is 4. The van der Waals surface area contributed by atoms with E-state index in [9.17, 15) is 9.59 Å². The molecule has 4 nitrogen and oxygen atoms in total. The fourth-order valence-electron chi connectivity index (χ4n) is 2.09. The van der Waals surface area contributed by atoms with Crippen molar-refractivity contribution >= 4 is 35.1 Å². The Morgan fingerprint density at radius 2 is 1.00 bits per heavy atom. The summed E-state index contributed by atoms with van der Waals surface area (Å²) in [6.07, 6.45) is 2.65. The lowest BCUT2D eigenvalue weighted by atomic mass is 10.1. The summed E-state index contributed by atoms with van der Waals surface area (Å²) < 4.78 is 10.4. The Kier molecular flexibility index (Phi) is 7.76. The molecule has 25 heavy (non-hydrogen) atoms. The Hall–Kier alpha value is -2.04. The lowest BCUT2D eigenvalue weighted by Crippen LogP contribution is -2.09. The van der Waals surface area contributed by atoms with E-state index in [1.807, 2.05) is 0 Å². The van der Waals surface area contributed by atoms with Gasteiger partial charge in [-0.3, -0.25) is 9.59 Å². The van der Waals surface area contributed by atoms with Crippen molar-refractivity contribution in [2.24, 2.45) is 0 Å². The second-order valence-electron chi connectivity index (χ2n) is 5.42. The van der Waals surface area contributed by atoms with Crippen molar-refractivity contribution in [3.05, 3.63) is 58.6 Å². The van der Waals surface area contributed by atoms with Crippen molar-refractivity contribution in [1.29, 1.82) is 0 Å². The first kappa shape index (κ1) is 19.3. The molecule has 0 aliphatic carbocycles. The molecule has 0 unspecified atom stereocenters. The molecular formula is C19H18Cl2O4. The molecule has 0 aliphatic heterocycles. The van der Waals surface area contributed by atoms with Gasteiger partial charge in [0.1, 0.15) is 11.5 Å². The van der Waals surface area contributed by atoms with Crippen LogP contribution in [0.15, 0.2) is 48.5 Å². The molecule has 0 heterocycles. The Morgan fingerprint density at radius 3 is 1.36 bits per heavy atom. The van der Waals surface area contributed by atoms with Crippen LogP contribution in [-0.4, -0.2) is 11.9 Å². The minimum Gasteiger partial charge on any atom is -0.427 e. The number of benzene rings is 2. The summed E-state index contributed by atoms with van der Waals surface area (Å²) in [5, 5.41) is 1.18. The topological polar surface area (TPSA) is 52.6 Å². The van der Waals surface area contributed by atoms with Gasteiger partial charge in [-0.25, -0.2) is 0 Å². The zero-order chi connectivity index (χ0) is 18.1. The van der Waals surface area contributed by atoms with E-state index < -0.39 is 0 Å². The van der Waals surface area contributed by atoms with Gasteiger partial charge in [-0.2, -0.15) is 0 Å². The molecule has 0 amide bonds. The van der Waals surface area contributed by atoms with E-state index in [0.717, 1.165) is 6.42 Å². The van der Waals surface area contributed by atoms with Crippen molar-refractivity contribution in [3.63, 3.8) is 0 Å². The second-order valence-corrected chi connectivity index (χ2v) is 6.29. The molecule has 0 atom stereocenters. The highest BCUT2D eigenvalue weighted by Gasteiger charge is 2.07. The SMILES string of the molecule is O=C(CCCCCC(=O)Oc1ccc(Cl)cc1)Oc1ccc(Cl)cc1. The van der Waals surface area contributed by atoms with Crippen molar-refractivity contribution in [1.82, 2.24) is 0 Å². The van der Waals surface area contributed by atoms with E-state index in [4.69, 9.17) is 32.7 Å². The van der Waals surface area contributed by atoms with Gasteiger partial charge in [-0.15, -0.1) is 0 Å². The Labute approximate surface area is 156 Å². The standard InChI is InChI=1S/C19H18Cl2O4/c20-14-6-10-16(11-7-14)24-18(22)4-2-1-3-5-19(23)25-17-12-8-15(21)9-13-17/h6-13H,1-5H2. The highest BCUT2D eigenvalue weighted by Crippen LogP contribution is 2.18. The molecule has 0 saturated carbocycles. The van der Waals surface area contributed by atoms with Gasteiger partial charge < -0.3 is 9.47 Å². The summed E-state index contributed by atoms with van der Waals surface area (Å²) in [5.41, 5.74) is 0. The van der Waals surface area contributed by atoms with E-state index >= 15 is 0 Å². The number of rotatable bonds is 8. The van der Waals surface area contributed by atoms with Crippen LogP contribution in [0.25, 0.3) is 0 Å². The van der Waals surface area contributed by atoms with Crippen LogP contribution in [-0.2, 0) is 9.59 Å². The van der Waals surface area contributed by atoms with Gasteiger partial charge in [-0.1, -0.05) is 29.6 Å². The van der Waals surface area contributed by atoms with Crippen molar-refractivity contribution < 1.29 is 19.1 Å². The predicted molar refractivity (Wildman–Crippen MR) is 97.3 cm³/mol. The first-order valence-corrected chi connectivity index (χ1v) is 8.71. The molecule has 0 fully saturated rings. The average molecular weight is 381 g/mol. The fraction of sp³-hybridized carbons (Fsp3) is 0.263. The number of esters is 2. The number of ether oxygens (including phenoxy) is 2. The summed E-state index contributed by atoms with van der Waals surface area (Å²) >= 11 is 11.5. The van der Waals surface area contributed by atoms with Gasteiger partial charge >= 0.3 is 11.9 Å². The lowest BCUT2D eigenvalue weighted by molar-refractivity contribution is -0.134. The Morgan fingerprint density at radius 1 is 0.640 bits per heavy atom. The number of carbonyl (C=O) groups excluding carboxylic acids is 2. The van der Waals surface area contributed by atoms with Crippen LogP contribution < -0.4 is 9.47 Å². The number of hydrogen-bond donors (Lipinski definition) is 0. The molecule has 2 rings (SSSR count). The fourth-order valence-corrected chi connectivity index (χ4v) is 2.34. The maximum absolute atomic E-state index is 11.7. The molecule has 0 aliphatic rings. The molecule has 6 heteroatoms. The summed E-state index contributed by atoms with van der Waals surface area (Å²) in [7, 11) is 0. The quantitative estimate of drug-likeness (QED) is 0.346. The van der Waals surface area contributed by atoms with E-state index in [-0.39, 0.29) is 11.9 Å². The highest BCUT2D eigenvalue weighted by atomic mass is 35.5. The largest absolute Gasteiger partial charge is 0.427 e. The van der Waals surface area contributed by atoms with E-state index in [1.54, 1.807) is 48.5 Å².